The first-order valence-corrected chi connectivity index (χ1v) is 30.1. The van der Waals surface area contributed by atoms with Gasteiger partial charge in [-0.2, -0.15) is 0 Å². The lowest BCUT2D eigenvalue weighted by Gasteiger charge is -2.18. The third kappa shape index (κ3) is 58.9. The Morgan fingerprint density at radius 1 is 0.319 bits per heavy atom. The maximum Gasteiger partial charge on any atom is 0.306 e. The summed E-state index contributed by atoms with van der Waals surface area (Å²) in [6.45, 7) is 7.54. The van der Waals surface area contributed by atoms with Gasteiger partial charge in [0.25, 0.3) is 0 Å². The molecule has 0 aliphatic rings. The zero-order chi connectivity index (χ0) is 52.0. The molecular formula is C67H112O5. The number of hydrogen-bond acceptors (Lipinski definition) is 5. The molecule has 0 saturated heterocycles. The van der Waals surface area contributed by atoms with Gasteiger partial charge in [0.1, 0.15) is 6.61 Å². The molecule has 0 aliphatic carbocycles. The molecule has 5 nitrogen and oxygen atoms in total. The number of esters is 2. The molecule has 410 valence electrons. The van der Waals surface area contributed by atoms with Crippen LogP contribution in [-0.4, -0.2) is 37.9 Å². The molecule has 0 aromatic heterocycles. The molecule has 0 fully saturated rings. The lowest BCUT2D eigenvalue weighted by atomic mass is 10.1. The largest absolute Gasteiger partial charge is 0.462 e. The van der Waals surface area contributed by atoms with Crippen LogP contribution in [0.4, 0.5) is 0 Å². The Balaban J connectivity index is 4.37. The van der Waals surface area contributed by atoms with E-state index < -0.39 is 6.10 Å². The van der Waals surface area contributed by atoms with Crippen LogP contribution in [0, 0.1) is 0 Å². The molecular weight excluding hydrogens is 885 g/mol. The fourth-order valence-electron chi connectivity index (χ4n) is 8.05. The lowest BCUT2D eigenvalue weighted by molar-refractivity contribution is -0.163. The fraction of sp³-hybridized carbons (Fsp3) is 0.672. The third-order valence-electron chi connectivity index (χ3n) is 12.5. The highest BCUT2D eigenvalue weighted by Gasteiger charge is 2.17. The quantitative estimate of drug-likeness (QED) is 0.0345. The number of hydrogen-bond donors (Lipinski definition) is 0. The average Bonchev–Trinajstić information content (AvgIpc) is 3.38. The van der Waals surface area contributed by atoms with Crippen LogP contribution >= 0.6 is 0 Å². The Hall–Kier alpha value is -3.70. The molecule has 0 rings (SSSR count). The molecule has 0 aliphatic heterocycles. The van der Waals surface area contributed by atoms with Gasteiger partial charge in [0.2, 0.25) is 0 Å². The second-order valence-electron chi connectivity index (χ2n) is 19.5. The predicted molar refractivity (Wildman–Crippen MR) is 316 cm³/mol. The van der Waals surface area contributed by atoms with E-state index in [9.17, 15) is 9.59 Å². The summed E-state index contributed by atoms with van der Waals surface area (Å²) in [5.74, 6) is -0.430. The highest BCUT2D eigenvalue weighted by Crippen LogP contribution is 2.14. The van der Waals surface area contributed by atoms with Gasteiger partial charge in [0.05, 0.1) is 6.61 Å². The van der Waals surface area contributed by atoms with Gasteiger partial charge in [0.15, 0.2) is 6.10 Å². The van der Waals surface area contributed by atoms with E-state index in [0.29, 0.717) is 19.4 Å². The summed E-state index contributed by atoms with van der Waals surface area (Å²) in [5.41, 5.74) is 0. The van der Waals surface area contributed by atoms with E-state index in [1.54, 1.807) is 0 Å². The monoisotopic (exact) mass is 997 g/mol. The van der Waals surface area contributed by atoms with E-state index in [0.717, 1.165) is 128 Å². The first-order chi connectivity index (χ1) is 35.6. The summed E-state index contributed by atoms with van der Waals surface area (Å²) in [7, 11) is 0. The minimum Gasteiger partial charge on any atom is -0.462 e. The Labute approximate surface area is 446 Å². The second-order valence-corrected chi connectivity index (χ2v) is 19.5. The highest BCUT2D eigenvalue weighted by molar-refractivity contribution is 5.70. The van der Waals surface area contributed by atoms with Crippen molar-refractivity contribution in [3.05, 3.63) is 122 Å². The first-order valence-electron chi connectivity index (χ1n) is 30.1. The molecule has 1 atom stereocenters. The van der Waals surface area contributed by atoms with Crippen LogP contribution in [0.1, 0.15) is 265 Å². The Morgan fingerprint density at radius 3 is 1.00 bits per heavy atom. The zero-order valence-electron chi connectivity index (χ0n) is 47.2. The van der Waals surface area contributed by atoms with Crippen molar-refractivity contribution in [1.29, 1.82) is 0 Å². The summed E-state index contributed by atoms with van der Waals surface area (Å²) in [6, 6.07) is 0. The van der Waals surface area contributed by atoms with Crippen molar-refractivity contribution >= 4 is 11.9 Å². The van der Waals surface area contributed by atoms with E-state index in [4.69, 9.17) is 14.2 Å². The SMILES string of the molecule is CC/C=C\C/C=C\C/C=C\C/C=C\CCCCCCCCCOCC(COC(=O)CCCCCCCC/C=C\C/C=C\C/C=C\CCCCC)OC(=O)CCCCCCCCC/C=C\C/C=C\C/C=C\CC. The van der Waals surface area contributed by atoms with Gasteiger partial charge >= 0.3 is 11.9 Å². The molecule has 0 aromatic rings. The van der Waals surface area contributed by atoms with Crippen molar-refractivity contribution < 1.29 is 23.8 Å². The molecule has 0 bridgehead atoms. The predicted octanol–water partition coefficient (Wildman–Crippen LogP) is 20.9. The standard InChI is InChI=1S/C67H112O5/c1-4-7-10-13-16-19-22-25-28-31-33-35-38-41-44-47-50-53-56-59-62-70-63-65(72-67(69)61-58-55-52-49-46-43-40-36-30-27-24-21-18-15-12-9-6-3)64-71-66(68)60-57-54-51-48-45-42-39-37-34-32-29-26-23-20-17-14-11-8-5-2/h7,9-10,12,16-21,25-30,33-35,37,65H,4-6,8,11,13-15,22-24,31-32,36,38-64H2,1-3H3/b10-7-,12-9-,19-16-,20-17-,21-18-,28-25-,29-26-,30-27-,35-33-,37-34-. The Bertz CT molecular complexity index is 1450. The molecule has 72 heavy (non-hydrogen) atoms. The smallest absolute Gasteiger partial charge is 0.306 e. The van der Waals surface area contributed by atoms with E-state index >= 15 is 0 Å². The van der Waals surface area contributed by atoms with E-state index in [2.05, 4.69) is 142 Å². The lowest BCUT2D eigenvalue weighted by Crippen LogP contribution is -2.30. The van der Waals surface area contributed by atoms with E-state index in [1.807, 2.05) is 0 Å². The van der Waals surface area contributed by atoms with Crippen LogP contribution in [0.3, 0.4) is 0 Å². The summed E-state index contributed by atoms with van der Waals surface area (Å²) in [6.07, 6.45) is 86.5. The van der Waals surface area contributed by atoms with Crippen LogP contribution in [0.2, 0.25) is 0 Å². The van der Waals surface area contributed by atoms with E-state index in [1.165, 1.54) is 103 Å². The van der Waals surface area contributed by atoms with Crippen LogP contribution in [0.5, 0.6) is 0 Å². The zero-order valence-corrected chi connectivity index (χ0v) is 47.2. The fourth-order valence-corrected chi connectivity index (χ4v) is 8.05. The van der Waals surface area contributed by atoms with Gasteiger partial charge in [0, 0.05) is 19.4 Å². The van der Waals surface area contributed by atoms with Gasteiger partial charge in [-0.25, -0.2) is 0 Å². The number of carbonyl (C=O) groups is 2. The highest BCUT2D eigenvalue weighted by atomic mass is 16.6. The average molecular weight is 998 g/mol. The number of rotatable bonds is 54. The van der Waals surface area contributed by atoms with Crippen molar-refractivity contribution in [2.45, 2.75) is 271 Å². The van der Waals surface area contributed by atoms with Gasteiger partial charge in [-0.3, -0.25) is 9.59 Å². The maximum atomic E-state index is 12.9. The summed E-state index contributed by atoms with van der Waals surface area (Å²) in [4.78, 5) is 25.6. The summed E-state index contributed by atoms with van der Waals surface area (Å²) < 4.78 is 17.5. The number of unbranched alkanes of at least 4 members (excludes halogenated alkanes) is 23. The van der Waals surface area contributed by atoms with Crippen molar-refractivity contribution in [3.63, 3.8) is 0 Å². The molecule has 0 aromatic carbocycles. The Kier molecular flexibility index (Phi) is 58.4. The maximum absolute atomic E-state index is 12.9. The molecule has 0 radical (unpaired) electrons. The van der Waals surface area contributed by atoms with Crippen molar-refractivity contribution in [1.82, 2.24) is 0 Å². The number of allylic oxidation sites excluding steroid dienone is 20. The second kappa shape index (κ2) is 61.6. The van der Waals surface area contributed by atoms with Crippen LogP contribution in [0.25, 0.3) is 0 Å². The molecule has 5 heteroatoms. The number of ether oxygens (including phenoxy) is 3. The molecule has 0 heterocycles. The van der Waals surface area contributed by atoms with Crippen molar-refractivity contribution in [2.24, 2.45) is 0 Å². The third-order valence-corrected chi connectivity index (χ3v) is 12.5. The van der Waals surface area contributed by atoms with Crippen LogP contribution < -0.4 is 0 Å². The van der Waals surface area contributed by atoms with Gasteiger partial charge in [-0.1, -0.05) is 245 Å². The minimum atomic E-state index is -0.563. The molecule has 0 amide bonds. The van der Waals surface area contributed by atoms with Crippen LogP contribution in [-0.2, 0) is 23.8 Å². The molecule has 0 spiro atoms. The molecule has 0 saturated carbocycles. The summed E-state index contributed by atoms with van der Waals surface area (Å²) in [5, 5.41) is 0. The molecule has 1 unspecified atom stereocenters. The van der Waals surface area contributed by atoms with Crippen molar-refractivity contribution in [2.75, 3.05) is 19.8 Å². The Morgan fingerprint density at radius 2 is 0.625 bits per heavy atom. The van der Waals surface area contributed by atoms with Gasteiger partial charge in [-0.15, -0.1) is 0 Å². The topological polar surface area (TPSA) is 61.8 Å². The van der Waals surface area contributed by atoms with E-state index in [-0.39, 0.29) is 25.2 Å². The summed E-state index contributed by atoms with van der Waals surface area (Å²) >= 11 is 0. The normalized spacial score (nSPS) is 13.1. The number of carbonyl (C=O) groups excluding carboxylic acids is 2. The first kappa shape index (κ1) is 68.3. The van der Waals surface area contributed by atoms with Gasteiger partial charge in [-0.05, 0) is 128 Å². The van der Waals surface area contributed by atoms with Crippen molar-refractivity contribution in [3.8, 4) is 0 Å². The van der Waals surface area contributed by atoms with Gasteiger partial charge < -0.3 is 14.2 Å². The van der Waals surface area contributed by atoms with Crippen LogP contribution in [0.15, 0.2) is 122 Å². The molecule has 0 N–H and O–H groups in total. The minimum absolute atomic E-state index is 0.0630.